The van der Waals surface area contributed by atoms with Gasteiger partial charge in [-0.1, -0.05) is 23.4 Å². The molecule has 8 nitrogen and oxygen atoms in total. The Balaban J connectivity index is 1.54. The van der Waals surface area contributed by atoms with Crippen molar-refractivity contribution >= 4 is 5.97 Å². The normalized spacial score (nSPS) is 14.7. The van der Waals surface area contributed by atoms with E-state index in [2.05, 4.69) is 27.6 Å². The van der Waals surface area contributed by atoms with Gasteiger partial charge >= 0.3 is 5.97 Å². The fourth-order valence-electron chi connectivity index (χ4n) is 4.06. The van der Waals surface area contributed by atoms with Crippen LogP contribution in [-0.2, 0) is 16.0 Å². The zero-order valence-corrected chi connectivity index (χ0v) is 18.9. The van der Waals surface area contributed by atoms with Crippen LogP contribution in [0.5, 0.6) is 5.75 Å². The third-order valence-electron chi connectivity index (χ3n) is 5.45. The maximum atomic E-state index is 10.9. The Labute approximate surface area is 192 Å². The van der Waals surface area contributed by atoms with E-state index in [1.165, 1.54) is 18.1 Å². The second kappa shape index (κ2) is 9.84. The first-order valence-corrected chi connectivity index (χ1v) is 11.0. The molecule has 0 amide bonds. The van der Waals surface area contributed by atoms with Gasteiger partial charge in [-0.2, -0.15) is 10.2 Å². The van der Waals surface area contributed by atoms with E-state index in [9.17, 15) is 10.1 Å². The molecule has 2 aromatic carbocycles. The van der Waals surface area contributed by atoms with Crippen LogP contribution in [0.4, 0.5) is 0 Å². The van der Waals surface area contributed by atoms with Crippen molar-refractivity contribution in [1.82, 2.24) is 15.5 Å². The first-order valence-electron chi connectivity index (χ1n) is 11.0. The third-order valence-corrected chi connectivity index (χ3v) is 5.45. The predicted molar refractivity (Wildman–Crippen MR) is 121 cm³/mol. The molecule has 1 atom stereocenters. The van der Waals surface area contributed by atoms with Crippen molar-refractivity contribution < 1.29 is 18.8 Å². The summed E-state index contributed by atoms with van der Waals surface area (Å²) in [6, 6.07) is 13.7. The molecule has 0 bridgehead atoms. The Morgan fingerprint density at radius 2 is 2.18 bits per heavy atom. The molecule has 1 N–H and O–H groups in total. The number of hydrogen-bond acceptors (Lipinski definition) is 8. The summed E-state index contributed by atoms with van der Waals surface area (Å²) in [6.07, 6.45) is 1.80. The van der Waals surface area contributed by atoms with Crippen molar-refractivity contribution in [1.29, 1.82) is 5.26 Å². The summed E-state index contributed by atoms with van der Waals surface area (Å²) in [5.74, 6) is 1.12. The van der Waals surface area contributed by atoms with Crippen LogP contribution in [0.3, 0.4) is 0 Å². The summed E-state index contributed by atoms with van der Waals surface area (Å²) in [7, 11) is 0. The number of fused-ring (bicyclic) bond motifs is 1. The van der Waals surface area contributed by atoms with Crippen LogP contribution < -0.4 is 10.1 Å². The van der Waals surface area contributed by atoms with Crippen LogP contribution in [0, 0.1) is 11.3 Å². The van der Waals surface area contributed by atoms with Crippen LogP contribution in [0.2, 0.25) is 0 Å². The minimum atomic E-state index is -0.275. The maximum absolute atomic E-state index is 10.9. The Hall–Kier alpha value is -3.70. The van der Waals surface area contributed by atoms with E-state index in [1.54, 1.807) is 12.1 Å². The summed E-state index contributed by atoms with van der Waals surface area (Å²) < 4.78 is 16.2. The summed E-state index contributed by atoms with van der Waals surface area (Å²) in [5.41, 5.74) is 4.41. The molecule has 170 valence electrons. The van der Waals surface area contributed by atoms with Gasteiger partial charge in [0.25, 0.3) is 5.89 Å². The van der Waals surface area contributed by atoms with Gasteiger partial charge in [0.1, 0.15) is 18.4 Å². The monoisotopic (exact) mass is 446 g/mol. The average molecular weight is 447 g/mol. The number of esters is 1. The molecule has 4 rings (SSSR count). The lowest BCUT2D eigenvalue weighted by Crippen LogP contribution is -2.24. The van der Waals surface area contributed by atoms with Crippen molar-refractivity contribution in [2.24, 2.45) is 0 Å². The van der Waals surface area contributed by atoms with Gasteiger partial charge in [0.15, 0.2) is 0 Å². The topological polar surface area (TPSA) is 110 Å². The van der Waals surface area contributed by atoms with Crippen LogP contribution >= 0.6 is 0 Å². The molecule has 1 aliphatic rings. The van der Waals surface area contributed by atoms with E-state index in [0.717, 1.165) is 18.4 Å². The van der Waals surface area contributed by atoms with Crippen molar-refractivity contribution in [3.8, 4) is 34.7 Å². The van der Waals surface area contributed by atoms with E-state index < -0.39 is 0 Å². The molecule has 1 aromatic heterocycles. The highest BCUT2D eigenvalue weighted by Crippen LogP contribution is 2.37. The molecule has 0 spiro atoms. The van der Waals surface area contributed by atoms with Gasteiger partial charge in [-0.05, 0) is 56.0 Å². The first kappa shape index (κ1) is 22.5. The quantitative estimate of drug-likeness (QED) is 0.405. The summed E-state index contributed by atoms with van der Waals surface area (Å²) in [5, 5.41) is 17.2. The highest BCUT2D eigenvalue weighted by atomic mass is 16.5. The molecule has 0 saturated heterocycles. The molecule has 0 radical (unpaired) electrons. The fourth-order valence-corrected chi connectivity index (χ4v) is 4.06. The molecule has 3 aromatic rings. The molecule has 0 fully saturated rings. The number of benzene rings is 2. The van der Waals surface area contributed by atoms with E-state index in [-0.39, 0.29) is 18.1 Å². The van der Waals surface area contributed by atoms with Crippen LogP contribution in [0.25, 0.3) is 22.8 Å². The lowest BCUT2D eigenvalue weighted by atomic mass is 10.0. The highest BCUT2D eigenvalue weighted by Gasteiger charge is 2.26. The second-order valence-electron chi connectivity index (χ2n) is 8.17. The lowest BCUT2D eigenvalue weighted by Gasteiger charge is -2.14. The lowest BCUT2D eigenvalue weighted by molar-refractivity contribution is -0.140. The van der Waals surface area contributed by atoms with E-state index in [1.807, 2.05) is 32.0 Å². The largest absolute Gasteiger partial charge is 0.490 e. The van der Waals surface area contributed by atoms with Crippen molar-refractivity contribution in [3.63, 3.8) is 0 Å². The number of nitrogens with zero attached hydrogens (tertiary/aromatic N) is 3. The zero-order valence-electron chi connectivity index (χ0n) is 18.9. The van der Waals surface area contributed by atoms with Gasteiger partial charge in [-0.15, -0.1) is 0 Å². The van der Waals surface area contributed by atoms with Gasteiger partial charge < -0.3 is 19.3 Å². The molecule has 8 heteroatoms. The minimum Gasteiger partial charge on any atom is -0.490 e. The molecule has 0 aliphatic heterocycles. The highest BCUT2D eigenvalue weighted by molar-refractivity contribution is 5.67. The van der Waals surface area contributed by atoms with Crippen molar-refractivity contribution in [2.45, 2.75) is 45.8 Å². The van der Waals surface area contributed by atoms with Gasteiger partial charge in [0.05, 0.1) is 11.7 Å². The van der Waals surface area contributed by atoms with Crippen molar-refractivity contribution in [2.75, 3.05) is 13.2 Å². The predicted octanol–water partition coefficient (Wildman–Crippen LogP) is 4.20. The Kier molecular flexibility index (Phi) is 6.71. The number of carbonyl (C=O) groups is 1. The van der Waals surface area contributed by atoms with Crippen LogP contribution in [0.15, 0.2) is 40.9 Å². The molecular formula is C25H26N4O4. The van der Waals surface area contributed by atoms with E-state index in [0.29, 0.717) is 41.7 Å². The molecule has 33 heavy (non-hydrogen) atoms. The number of ether oxygens (including phenoxy) is 2. The summed E-state index contributed by atoms with van der Waals surface area (Å²) in [6.45, 7) is 6.18. The van der Waals surface area contributed by atoms with Crippen molar-refractivity contribution in [3.05, 3.63) is 53.1 Å². The molecule has 0 saturated carbocycles. The van der Waals surface area contributed by atoms with Gasteiger partial charge in [0.2, 0.25) is 5.82 Å². The number of nitriles is 1. The first-order chi connectivity index (χ1) is 16.0. The smallest absolute Gasteiger partial charge is 0.302 e. The zero-order chi connectivity index (χ0) is 23.4. The average Bonchev–Trinajstić information content (AvgIpc) is 3.44. The number of aromatic nitrogens is 2. The van der Waals surface area contributed by atoms with Crippen LogP contribution in [-0.4, -0.2) is 35.4 Å². The standard InChI is InChI=1S/C25H26N4O4/c1-15(2)32-23-10-7-17(13-18(23)14-26)25-28-24(29-33-25)21-6-4-5-20-19(21)8-9-22(20)27-11-12-31-16(3)30/h4-7,10,13,15,22,27H,8-9,11-12H2,1-3H3/t22-/m1/s1. The number of carbonyl (C=O) groups excluding carboxylic acids is 1. The summed E-state index contributed by atoms with van der Waals surface area (Å²) >= 11 is 0. The number of rotatable bonds is 8. The number of nitrogens with one attached hydrogen (secondary N) is 1. The second-order valence-corrected chi connectivity index (χ2v) is 8.17. The molecular weight excluding hydrogens is 420 g/mol. The fraction of sp³-hybridized carbons (Fsp3) is 0.360. The van der Waals surface area contributed by atoms with Gasteiger partial charge in [0, 0.05) is 30.6 Å². The molecule has 0 unspecified atom stereocenters. The minimum absolute atomic E-state index is 0.0295. The van der Waals surface area contributed by atoms with Gasteiger partial charge in [-0.3, -0.25) is 4.79 Å². The summed E-state index contributed by atoms with van der Waals surface area (Å²) in [4.78, 5) is 15.6. The Bertz CT molecular complexity index is 1200. The molecule has 1 aliphatic carbocycles. The van der Waals surface area contributed by atoms with E-state index in [4.69, 9.17) is 14.0 Å². The van der Waals surface area contributed by atoms with E-state index >= 15 is 0 Å². The molecule has 1 heterocycles. The number of hydrogen-bond donors (Lipinski definition) is 1. The SMILES string of the molecule is CC(=O)OCCN[C@@H]1CCc2c(-c3noc(-c4ccc(OC(C)C)c(C#N)c4)n3)cccc21. The Morgan fingerprint density at radius 3 is 2.94 bits per heavy atom. The Morgan fingerprint density at radius 1 is 1.33 bits per heavy atom. The maximum Gasteiger partial charge on any atom is 0.302 e. The van der Waals surface area contributed by atoms with Crippen LogP contribution in [0.1, 0.15) is 49.9 Å². The third kappa shape index (κ3) is 5.04. The van der Waals surface area contributed by atoms with Gasteiger partial charge in [-0.25, -0.2) is 0 Å².